The molecule has 2 aromatic carbocycles. The molecule has 1 saturated carbocycles. The highest BCUT2D eigenvalue weighted by Crippen LogP contribution is 2.71. The SMILES string of the molecule is COc1ccc(CN2C(=O)C3C(C(=O)O)C3(c3ccc(Cl)c(Cl)c3)C2(C)O)c(OC)c1. The number of hydrogen-bond donors (Lipinski definition) is 2. The van der Waals surface area contributed by atoms with Gasteiger partial charge >= 0.3 is 5.97 Å². The molecule has 1 aliphatic carbocycles. The largest absolute Gasteiger partial charge is 0.497 e. The van der Waals surface area contributed by atoms with Crippen molar-refractivity contribution in [3.05, 3.63) is 57.6 Å². The van der Waals surface area contributed by atoms with Crippen molar-refractivity contribution in [1.82, 2.24) is 4.90 Å². The second-order valence-electron chi connectivity index (χ2n) is 7.91. The van der Waals surface area contributed by atoms with Crippen molar-refractivity contribution in [3.8, 4) is 11.5 Å². The van der Waals surface area contributed by atoms with E-state index >= 15 is 0 Å². The number of rotatable bonds is 6. The molecule has 31 heavy (non-hydrogen) atoms. The number of aliphatic carboxylic acids is 1. The van der Waals surface area contributed by atoms with Gasteiger partial charge in [-0.05, 0) is 36.8 Å². The van der Waals surface area contributed by atoms with Gasteiger partial charge in [0.25, 0.3) is 0 Å². The predicted octanol–water partition coefficient (Wildman–Crippen LogP) is 3.33. The van der Waals surface area contributed by atoms with Crippen molar-refractivity contribution in [1.29, 1.82) is 0 Å². The van der Waals surface area contributed by atoms with Gasteiger partial charge in [0.1, 0.15) is 17.2 Å². The molecule has 2 aliphatic rings. The summed E-state index contributed by atoms with van der Waals surface area (Å²) < 4.78 is 10.6. The number of benzene rings is 2. The fraction of sp³-hybridized carbons (Fsp3) is 0.364. The van der Waals surface area contributed by atoms with E-state index < -0.39 is 34.9 Å². The van der Waals surface area contributed by atoms with E-state index in [0.29, 0.717) is 27.6 Å². The van der Waals surface area contributed by atoms with Crippen molar-refractivity contribution in [2.45, 2.75) is 24.6 Å². The zero-order chi connectivity index (χ0) is 22.7. The van der Waals surface area contributed by atoms with Gasteiger partial charge in [0.15, 0.2) is 0 Å². The van der Waals surface area contributed by atoms with Crippen LogP contribution >= 0.6 is 23.2 Å². The minimum atomic E-state index is -1.79. The van der Waals surface area contributed by atoms with Crippen LogP contribution in [0.15, 0.2) is 36.4 Å². The normalized spacial score (nSPS) is 29.0. The lowest BCUT2D eigenvalue weighted by atomic mass is 9.83. The van der Waals surface area contributed by atoms with Crippen LogP contribution in [0.25, 0.3) is 0 Å². The first-order chi connectivity index (χ1) is 14.6. The van der Waals surface area contributed by atoms with Crippen molar-refractivity contribution in [2.24, 2.45) is 11.8 Å². The van der Waals surface area contributed by atoms with Gasteiger partial charge in [-0.25, -0.2) is 0 Å². The highest BCUT2D eigenvalue weighted by atomic mass is 35.5. The Labute approximate surface area is 189 Å². The standard InChI is InChI=1S/C22H21Cl2NO6/c1-21(29)22(12-5-7-14(23)15(24)8-12)17(18(22)20(27)28)19(26)25(21)10-11-4-6-13(30-2)9-16(11)31-3/h4-9,17-18,29H,10H2,1-3H3,(H,27,28). The maximum Gasteiger partial charge on any atom is 0.308 e. The molecular weight excluding hydrogens is 445 g/mol. The van der Waals surface area contributed by atoms with E-state index in [0.717, 1.165) is 0 Å². The lowest BCUT2D eigenvalue weighted by Crippen LogP contribution is -2.53. The first kappa shape index (κ1) is 21.7. The van der Waals surface area contributed by atoms with Crippen LogP contribution in [0.3, 0.4) is 0 Å². The molecule has 0 spiro atoms. The van der Waals surface area contributed by atoms with E-state index in [1.165, 1.54) is 38.2 Å². The molecule has 0 aromatic heterocycles. The van der Waals surface area contributed by atoms with E-state index in [-0.39, 0.29) is 11.6 Å². The Hall–Kier alpha value is -2.48. The van der Waals surface area contributed by atoms with Crippen LogP contribution in [0.2, 0.25) is 10.0 Å². The van der Waals surface area contributed by atoms with Crippen molar-refractivity contribution in [2.75, 3.05) is 14.2 Å². The van der Waals surface area contributed by atoms with Crippen LogP contribution in [0.1, 0.15) is 18.1 Å². The lowest BCUT2D eigenvalue weighted by molar-refractivity contribution is -0.162. The highest BCUT2D eigenvalue weighted by molar-refractivity contribution is 6.42. The third kappa shape index (κ3) is 2.91. The Morgan fingerprint density at radius 2 is 1.84 bits per heavy atom. The first-order valence-electron chi connectivity index (χ1n) is 9.54. The zero-order valence-electron chi connectivity index (χ0n) is 17.1. The second-order valence-corrected chi connectivity index (χ2v) is 8.73. The number of fused-ring (bicyclic) bond motifs is 1. The van der Waals surface area contributed by atoms with Crippen LogP contribution in [-0.4, -0.2) is 46.9 Å². The van der Waals surface area contributed by atoms with Crippen LogP contribution in [0.4, 0.5) is 0 Å². The Balaban J connectivity index is 1.78. The molecule has 1 aliphatic heterocycles. The molecule has 2 N–H and O–H groups in total. The summed E-state index contributed by atoms with van der Waals surface area (Å²) in [6.45, 7) is 1.50. The molecule has 7 nitrogen and oxygen atoms in total. The topological polar surface area (TPSA) is 96.3 Å². The molecule has 9 heteroatoms. The average molecular weight is 466 g/mol. The minimum absolute atomic E-state index is 0.0327. The number of carboxylic acids is 1. The molecule has 1 saturated heterocycles. The number of carbonyl (C=O) groups excluding carboxylic acids is 1. The Bertz CT molecular complexity index is 1090. The number of hydrogen-bond acceptors (Lipinski definition) is 5. The number of methoxy groups -OCH3 is 2. The quantitative estimate of drug-likeness (QED) is 0.678. The maximum absolute atomic E-state index is 13.3. The number of aliphatic hydroxyl groups is 1. The summed E-state index contributed by atoms with van der Waals surface area (Å²) in [4.78, 5) is 26.6. The summed E-state index contributed by atoms with van der Waals surface area (Å²) in [5, 5.41) is 22.0. The molecule has 4 rings (SSSR count). The highest BCUT2D eigenvalue weighted by Gasteiger charge is 2.86. The number of carbonyl (C=O) groups is 2. The van der Waals surface area contributed by atoms with Crippen LogP contribution in [-0.2, 0) is 21.5 Å². The third-order valence-electron chi connectivity index (χ3n) is 6.53. The monoisotopic (exact) mass is 465 g/mol. The van der Waals surface area contributed by atoms with Gasteiger partial charge in [0.05, 0.1) is 48.1 Å². The van der Waals surface area contributed by atoms with E-state index in [1.807, 2.05) is 0 Å². The summed E-state index contributed by atoms with van der Waals surface area (Å²) in [6.07, 6.45) is 0. The molecule has 164 valence electrons. The lowest BCUT2D eigenvalue weighted by Gasteiger charge is -2.39. The number of ether oxygens (including phenoxy) is 2. The van der Waals surface area contributed by atoms with Gasteiger partial charge in [-0.3, -0.25) is 9.59 Å². The summed E-state index contributed by atoms with van der Waals surface area (Å²) >= 11 is 12.2. The van der Waals surface area contributed by atoms with Crippen molar-refractivity contribution in [3.63, 3.8) is 0 Å². The first-order valence-corrected chi connectivity index (χ1v) is 10.3. The zero-order valence-corrected chi connectivity index (χ0v) is 18.6. The maximum atomic E-state index is 13.3. The molecule has 1 amide bonds. The van der Waals surface area contributed by atoms with E-state index in [1.54, 1.807) is 24.3 Å². The fourth-order valence-corrected chi connectivity index (χ4v) is 5.33. The summed E-state index contributed by atoms with van der Waals surface area (Å²) in [6, 6.07) is 9.83. The van der Waals surface area contributed by atoms with Crippen LogP contribution in [0.5, 0.6) is 11.5 Å². The second kappa shape index (κ2) is 7.29. The summed E-state index contributed by atoms with van der Waals surface area (Å²) in [5.74, 6) is -2.50. The molecule has 2 fully saturated rings. The summed E-state index contributed by atoms with van der Waals surface area (Å²) in [7, 11) is 3.03. The number of carboxylic acid groups (broad SMARTS) is 1. The average Bonchev–Trinajstić information content (AvgIpc) is 3.42. The molecule has 0 radical (unpaired) electrons. The van der Waals surface area contributed by atoms with E-state index in [2.05, 4.69) is 0 Å². The van der Waals surface area contributed by atoms with Crippen molar-refractivity contribution < 1.29 is 29.3 Å². The fourth-order valence-electron chi connectivity index (χ4n) is 5.03. The molecule has 2 aromatic rings. The minimum Gasteiger partial charge on any atom is -0.497 e. The number of amides is 1. The Morgan fingerprint density at radius 3 is 2.42 bits per heavy atom. The Morgan fingerprint density at radius 1 is 1.13 bits per heavy atom. The van der Waals surface area contributed by atoms with Crippen LogP contribution in [0, 0.1) is 11.8 Å². The molecule has 4 atom stereocenters. The van der Waals surface area contributed by atoms with Gasteiger partial charge in [-0.2, -0.15) is 0 Å². The molecule has 1 heterocycles. The third-order valence-corrected chi connectivity index (χ3v) is 7.27. The van der Waals surface area contributed by atoms with Gasteiger partial charge < -0.3 is 24.6 Å². The van der Waals surface area contributed by atoms with Gasteiger partial charge in [-0.1, -0.05) is 29.3 Å². The number of likely N-dealkylation sites (tertiary alicyclic amines) is 1. The van der Waals surface area contributed by atoms with E-state index in [4.69, 9.17) is 32.7 Å². The smallest absolute Gasteiger partial charge is 0.308 e. The van der Waals surface area contributed by atoms with Gasteiger partial charge in [0, 0.05) is 11.6 Å². The molecular formula is C22H21Cl2NO6. The molecule has 0 bridgehead atoms. The Kier molecular flexibility index (Phi) is 5.11. The van der Waals surface area contributed by atoms with Crippen LogP contribution < -0.4 is 9.47 Å². The number of halogens is 2. The summed E-state index contributed by atoms with van der Waals surface area (Å²) in [5.41, 5.74) is -2.03. The number of nitrogens with zero attached hydrogens (tertiary/aromatic N) is 1. The van der Waals surface area contributed by atoms with Crippen molar-refractivity contribution >= 4 is 35.1 Å². The number of piperidine rings is 1. The van der Waals surface area contributed by atoms with Gasteiger partial charge in [-0.15, -0.1) is 0 Å². The molecule has 4 unspecified atom stereocenters. The van der Waals surface area contributed by atoms with Gasteiger partial charge in [0.2, 0.25) is 5.91 Å². The predicted molar refractivity (Wildman–Crippen MR) is 113 cm³/mol. The van der Waals surface area contributed by atoms with E-state index in [9.17, 15) is 19.8 Å².